The SMILES string of the molecule is C1=Cc2ccccc2/C1=C\c1cccc(/C=C2/C=Cc3ccccc32)c1. The van der Waals surface area contributed by atoms with Gasteiger partial charge in [0.05, 0.1) is 0 Å². The van der Waals surface area contributed by atoms with Gasteiger partial charge in [-0.1, -0.05) is 91.0 Å². The highest BCUT2D eigenvalue weighted by Gasteiger charge is 2.10. The first-order valence-corrected chi connectivity index (χ1v) is 8.95. The Balaban J connectivity index is 1.50. The van der Waals surface area contributed by atoms with Crippen LogP contribution in [0.5, 0.6) is 0 Å². The average Bonchev–Trinajstić information content (AvgIpc) is 3.27. The highest BCUT2D eigenvalue weighted by atomic mass is 14.1. The van der Waals surface area contributed by atoms with Gasteiger partial charge in [-0.2, -0.15) is 0 Å². The molecule has 0 amide bonds. The maximum atomic E-state index is 2.27. The lowest BCUT2D eigenvalue weighted by Gasteiger charge is -2.04. The summed E-state index contributed by atoms with van der Waals surface area (Å²) < 4.78 is 0. The predicted molar refractivity (Wildman–Crippen MR) is 113 cm³/mol. The summed E-state index contributed by atoms with van der Waals surface area (Å²) in [6.07, 6.45) is 13.3. The Kier molecular flexibility index (Phi) is 3.54. The van der Waals surface area contributed by atoms with Crippen molar-refractivity contribution < 1.29 is 0 Å². The molecule has 2 aliphatic rings. The normalized spacial score (nSPS) is 17.1. The summed E-state index contributed by atoms with van der Waals surface area (Å²) in [4.78, 5) is 0. The van der Waals surface area contributed by atoms with Gasteiger partial charge in [0, 0.05) is 0 Å². The third kappa shape index (κ3) is 2.66. The smallest absolute Gasteiger partial charge is 0.0111 e. The minimum atomic E-state index is 1.23. The van der Waals surface area contributed by atoms with Gasteiger partial charge < -0.3 is 0 Å². The van der Waals surface area contributed by atoms with Crippen molar-refractivity contribution in [2.75, 3.05) is 0 Å². The van der Waals surface area contributed by atoms with Gasteiger partial charge in [0.1, 0.15) is 0 Å². The van der Waals surface area contributed by atoms with Crippen molar-refractivity contribution in [1.82, 2.24) is 0 Å². The van der Waals surface area contributed by atoms with E-state index in [1.54, 1.807) is 0 Å². The second kappa shape index (κ2) is 6.16. The summed E-state index contributed by atoms with van der Waals surface area (Å²) in [5.74, 6) is 0. The van der Waals surface area contributed by atoms with Crippen molar-refractivity contribution >= 4 is 35.5 Å². The fraction of sp³-hybridized carbons (Fsp3) is 0. The Morgan fingerprint density at radius 1 is 0.462 bits per heavy atom. The summed E-state index contributed by atoms with van der Waals surface area (Å²) in [6, 6.07) is 25.8. The van der Waals surface area contributed by atoms with Crippen LogP contribution in [0.3, 0.4) is 0 Å². The first kappa shape index (κ1) is 14.9. The zero-order valence-electron chi connectivity index (χ0n) is 14.4. The Morgan fingerprint density at radius 2 is 0.962 bits per heavy atom. The molecule has 0 heteroatoms. The van der Waals surface area contributed by atoms with Gasteiger partial charge in [-0.05, 0) is 62.7 Å². The van der Waals surface area contributed by atoms with Crippen LogP contribution in [0.25, 0.3) is 35.5 Å². The fourth-order valence-corrected chi connectivity index (χ4v) is 3.70. The van der Waals surface area contributed by atoms with Crippen molar-refractivity contribution in [1.29, 1.82) is 0 Å². The van der Waals surface area contributed by atoms with E-state index in [1.165, 1.54) is 44.5 Å². The lowest BCUT2D eigenvalue weighted by atomic mass is 10.0. The molecular weight excluding hydrogens is 312 g/mol. The first-order valence-electron chi connectivity index (χ1n) is 8.95. The van der Waals surface area contributed by atoms with Crippen LogP contribution in [0.4, 0.5) is 0 Å². The second-order valence-corrected chi connectivity index (χ2v) is 6.71. The van der Waals surface area contributed by atoms with E-state index in [2.05, 4.69) is 109 Å². The molecule has 0 saturated carbocycles. The molecule has 0 saturated heterocycles. The number of allylic oxidation sites excluding steroid dienone is 4. The first-order chi connectivity index (χ1) is 12.9. The molecule has 26 heavy (non-hydrogen) atoms. The molecule has 0 radical (unpaired) electrons. The summed E-state index contributed by atoms with van der Waals surface area (Å²) in [6.45, 7) is 0. The summed E-state index contributed by atoms with van der Waals surface area (Å²) in [5.41, 5.74) is 10.2. The molecular formula is C26H18. The van der Waals surface area contributed by atoms with Gasteiger partial charge in [-0.3, -0.25) is 0 Å². The third-order valence-corrected chi connectivity index (χ3v) is 4.98. The molecule has 0 aliphatic heterocycles. The lowest BCUT2D eigenvalue weighted by molar-refractivity contribution is 1.59. The molecule has 0 bridgehead atoms. The van der Waals surface area contributed by atoms with E-state index in [9.17, 15) is 0 Å². The van der Waals surface area contributed by atoms with Gasteiger partial charge in [0.15, 0.2) is 0 Å². The summed E-state index contributed by atoms with van der Waals surface area (Å²) in [5, 5.41) is 0. The van der Waals surface area contributed by atoms with Crippen molar-refractivity contribution in [3.8, 4) is 0 Å². The maximum absolute atomic E-state index is 2.27. The molecule has 0 unspecified atom stereocenters. The van der Waals surface area contributed by atoms with Crippen molar-refractivity contribution in [3.63, 3.8) is 0 Å². The molecule has 122 valence electrons. The molecule has 0 aromatic heterocycles. The number of fused-ring (bicyclic) bond motifs is 2. The van der Waals surface area contributed by atoms with E-state index < -0.39 is 0 Å². The average molecular weight is 330 g/mol. The van der Waals surface area contributed by atoms with E-state index in [-0.39, 0.29) is 0 Å². The minimum Gasteiger partial charge on any atom is -0.0616 e. The summed E-state index contributed by atoms with van der Waals surface area (Å²) >= 11 is 0. The van der Waals surface area contributed by atoms with Crippen molar-refractivity contribution in [2.45, 2.75) is 0 Å². The zero-order chi connectivity index (χ0) is 17.3. The van der Waals surface area contributed by atoms with Crippen LogP contribution in [-0.2, 0) is 0 Å². The Hall–Kier alpha value is -3.38. The van der Waals surface area contributed by atoms with Crippen LogP contribution in [0, 0.1) is 0 Å². The van der Waals surface area contributed by atoms with Crippen LogP contribution in [0.1, 0.15) is 33.4 Å². The van der Waals surface area contributed by atoms with Gasteiger partial charge in [0.25, 0.3) is 0 Å². The van der Waals surface area contributed by atoms with Crippen LogP contribution < -0.4 is 0 Å². The molecule has 5 rings (SSSR count). The number of rotatable bonds is 2. The van der Waals surface area contributed by atoms with Gasteiger partial charge in [0.2, 0.25) is 0 Å². The minimum absolute atomic E-state index is 1.23. The monoisotopic (exact) mass is 330 g/mol. The van der Waals surface area contributed by atoms with E-state index >= 15 is 0 Å². The van der Waals surface area contributed by atoms with E-state index in [0.717, 1.165) is 0 Å². The highest BCUT2D eigenvalue weighted by Crippen LogP contribution is 2.32. The molecule has 0 spiro atoms. The third-order valence-electron chi connectivity index (χ3n) is 4.98. The molecule has 3 aromatic rings. The topological polar surface area (TPSA) is 0 Å². The van der Waals surface area contributed by atoms with E-state index in [0.29, 0.717) is 0 Å². The highest BCUT2D eigenvalue weighted by molar-refractivity contribution is 5.99. The quantitative estimate of drug-likeness (QED) is 0.483. The number of hydrogen-bond donors (Lipinski definition) is 0. The largest absolute Gasteiger partial charge is 0.0616 e. The maximum Gasteiger partial charge on any atom is -0.0111 e. The number of benzene rings is 3. The Bertz CT molecular complexity index is 1030. The molecule has 0 nitrogen and oxygen atoms in total. The Labute approximate surface area is 154 Å². The molecule has 0 heterocycles. The van der Waals surface area contributed by atoms with Crippen LogP contribution in [0.2, 0.25) is 0 Å². The van der Waals surface area contributed by atoms with Crippen LogP contribution in [-0.4, -0.2) is 0 Å². The van der Waals surface area contributed by atoms with Crippen molar-refractivity contribution in [2.24, 2.45) is 0 Å². The summed E-state index contributed by atoms with van der Waals surface area (Å²) in [7, 11) is 0. The van der Waals surface area contributed by atoms with Crippen LogP contribution >= 0.6 is 0 Å². The Morgan fingerprint density at radius 3 is 1.50 bits per heavy atom. The lowest BCUT2D eigenvalue weighted by Crippen LogP contribution is -1.83. The molecule has 0 fully saturated rings. The van der Waals surface area contributed by atoms with Gasteiger partial charge in [-0.15, -0.1) is 0 Å². The zero-order valence-corrected chi connectivity index (χ0v) is 14.4. The second-order valence-electron chi connectivity index (χ2n) is 6.71. The molecule has 0 N–H and O–H groups in total. The van der Waals surface area contributed by atoms with Crippen molar-refractivity contribution in [3.05, 3.63) is 118 Å². The van der Waals surface area contributed by atoms with Gasteiger partial charge in [-0.25, -0.2) is 0 Å². The molecule has 2 aliphatic carbocycles. The van der Waals surface area contributed by atoms with Gasteiger partial charge >= 0.3 is 0 Å². The molecule has 0 atom stereocenters. The van der Waals surface area contributed by atoms with E-state index in [1.807, 2.05) is 0 Å². The number of hydrogen-bond acceptors (Lipinski definition) is 0. The standard InChI is InChI=1S/C26H18/c1-3-10-25-21(8-1)12-14-23(25)17-19-6-5-7-20(16-19)18-24-15-13-22-9-2-4-11-26(22)24/h1-18H/b23-17-,24-18-. The predicted octanol–water partition coefficient (Wildman–Crippen LogP) is 6.82. The fourth-order valence-electron chi connectivity index (χ4n) is 3.70. The van der Waals surface area contributed by atoms with Crippen LogP contribution in [0.15, 0.2) is 84.9 Å². The molecule has 3 aromatic carbocycles. The van der Waals surface area contributed by atoms with E-state index in [4.69, 9.17) is 0 Å².